The zero-order valence-corrected chi connectivity index (χ0v) is 24.0. The molecule has 16 heteroatoms. The van der Waals surface area contributed by atoms with Gasteiger partial charge in [0.1, 0.15) is 23.9 Å². The second-order valence-electron chi connectivity index (χ2n) is 10.8. The normalized spacial score (nSPS) is 24.9. The molecule has 1 fully saturated rings. The minimum atomic E-state index is -2.42. The molecule has 0 saturated carbocycles. The number of cyclic esters (lactones) is 1. The number of amides is 3. The molecule has 3 amide bonds. The Bertz CT molecular complexity index is 1410. The molecule has 1 aromatic heterocycles. The topological polar surface area (TPSA) is 167 Å². The molecule has 1 saturated heterocycles. The molecule has 6 unspecified atom stereocenters. The number of ether oxygens (including phenoxy) is 1. The number of aromatic hydroxyl groups is 1. The third kappa shape index (κ3) is 7.41. The Labute approximate surface area is 248 Å². The number of carbonyl (C=O) groups excluding carboxylic acids is 4. The minimum absolute atomic E-state index is 0.0408. The van der Waals surface area contributed by atoms with Gasteiger partial charge in [-0.25, -0.2) is 31.7 Å². The molecule has 1 aromatic carbocycles. The molecule has 6 atom stereocenters. The van der Waals surface area contributed by atoms with Crippen LogP contribution in [-0.2, 0) is 25.5 Å². The van der Waals surface area contributed by atoms with Gasteiger partial charge < -0.3 is 30.9 Å². The molecule has 0 aliphatic carbocycles. The maximum atomic E-state index is 14.6. The molecule has 240 valence electrons. The highest BCUT2D eigenvalue weighted by molar-refractivity contribution is 5.98. The van der Waals surface area contributed by atoms with Crippen LogP contribution in [0.15, 0.2) is 18.3 Å². The number of aliphatic hydroxyl groups is 1. The van der Waals surface area contributed by atoms with Crippen molar-refractivity contribution >= 4 is 23.7 Å². The predicted molar refractivity (Wildman–Crippen MR) is 141 cm³/mol. The van der Waals surface area contributed by atoms with E-state index in [0.717, 1.165) is 19.2 Å². The highest BCUT2D eigenvalue weighted by Crippen LogP contribution is 2.26. The first kappa shape index (κ1) is 34.2. The number of rotatable bonds is 6. The third-order valence-corrected chi connectivity index (χ3v) is 7.04. The minimum Gasteiger partial charge on any atom is -0.505 e. The van der Waals surface area contributed by atoms with Gasteiger partial charge in [0.15, 0.2) is 29.0 Å². The van der Waals surface area contributed by atoms with E-state index < -0.39 is 112 Å². The summed E-state index contributed by atoms with van der Waals surface area (Å²) < 4.78 is 76.2. The fourth-order valence-corrected chi connectivity index (χ4v) is 4.58. The van der Waals surface area contributed by atoms with Gasteiger partial charge in [-0.1, -0.05) is 20.8 Å². The quantitative estimate of drug-likeness (QED) is 0.139. The second kappa shape index (κ2) is 14.0. The molecular weight excluding hydrogens is 599 g/mol. The molecule has 1 aliphatic rings. The van der Waals surface area contributed by atoms with Gasteiger partial charge in [0.2, 0.25) is 17.6 Å². The van der Waals surface area contributed by atoms with E-state index in [4.69, 9.17) is 4.74 Å². The van der Waals surface area contributed by atoms with Gasteiger partial charge in [0, 0.05) is 18.2 Å². The van der Waals surface area contributed by atoms with Crippen LogP contribution >= 0.6 is 0 Å². The summed E-state index contributed by atoms with van der Waals surface area (Å²) in [6.45, 7) is 5.80. The lowest BCUT2D eigenvalue weighted by Gasteiger charge is -2.33. The smallest absolute Gasteiger partial charge is 0.328 e. The highest BCUT2D eigenvalue weighted by Gasteiger charge is 2.40. The Hall–Kier alpha value is -4.34. The standard InChI is InChI=1S/C28H31F5N4O7/c1-10(2)8-15-28(43)44-12(4)22(37-27(42)23-16(38)6-5-7-34-23)26(41)35-14(24(39)11(3)25(40)36-15)9-13-17(29)19(31)21(33)20(32)18(13)30/h5-7,10-12,14-15,22,24,38-39H,8-9H2,1-4H3,(H,35,41)(H,36,40)(H,37,42). The summed E-state index contributed by atoms with van der Waals surface area (Å²) in [6, 6.07) is -2.56. The molecule has 2 aromatic rings. The van der Waals surface area contributed by atoms with Crippen LogP contribution in [-0.4, -0.2) is 69.2 Å². The Kier molecular flexibility index (Phi) is 10.8. The fourth-order valence-electron chi connectivity index (χ4n) is 4.58. The van der Waals surface area contributed by atoms with Crippen LogP contribution in [0.3, 0.4) is 0 Å². The number of hydrogen-bond donors (Lipinski definition) is 5. The van der Waals surface area contributed by atoms with Crippen LogP contribution in [0.2, 0.25) is 0 Å². The lowest BCUT2D eigenvalue weighted by Crippen LogP contribution is -2.60. The average Bonchev–Trinajstić information content (AvgIpc) is 2.97. The Morgan fingerprint density at radius 1 is 1.00 bits per heavy atom. The lowest BCUT2D eigenvalue weighted by atomic mass is 9.90. The first-order valence-electron chi connectivity index (χ1n) is 13.5. The van der Waals surface area contributed by atoms with Crippen LogP contribution in [0, 0.1) is 40.9 Å². The number of hydrogen-bond acceptors (Lipinski definition) is 8. The summed E-state index contributed by atoms with van der Waals surface area (Å²) in [5.41, 5.74) is -1.91. The van der Waals surface area contributed by atoms with Crippen LogP contribution < -0.4 is 16.0 Å². The van der Waals surface area contributed by atoms with Gasteiger partial charge in [0.05, 0.1) is 18.1 Å². The zero-order chi connectivity index (χ0) is 33.0. The van der Waals surface area contributed by atoms with E-state index >= 15 is 0 Å². The van der Waals surface area contributed by atoms with Crippen molar-refractivity contribution in [1.29, 1.82) is 0 Å². The Balaban J connectivity index is 2.10. The van der Waals surface area contributed by atoms with Crippen molar-refractivity contribution in [3.63, 3.8) is 0 Å². The van der Waals surface area contributed by atoms with E-state index in [1.165, 1.54) is 13.0 Å². The summed E-state index contributed by atoms with van der Waals surface area (Å²) >= 11 is 0. The summed E-state index contributed by atoms with van der Waals surface area (Å²) in [4.78, 5) is 56.3. The van der Waals surface area contributed by atoms with E-state index in [1.807, 2.05) is 0 Å². The molecule has 5 N–H and O–H groups in total. The van der Waals surface area contributed by atoms with Crippen LogP contribution in [0.1, 0.15) is 50.2 Å². The van der Waals surface area contributed by atoms with Gasteiger partial charge >= 0.3 is 5.97 Å². The second-order valence-corrected chi connectivity index (χ2v) is 10.8. The number of benzene rings is 1. The molecule has 11 nitrogen and oxygen atoms in total. The first-order valence-corrected chi connectivity index (χ1v) is 13.5. The van der Waals surface area contributed by atoms with Crippen molar-refractivity contribution in [2.75, 3.05) is 0 Å². The van der Waals surface area contributed by atoms with Gasteiger partial charge in [-0.15, -0.1) is 0 Å². The van der Waals surface area contributed by atoms with Gasteiger partial charge in [-0.05, 0) is 31.4 Å². The van der Waals surface area contributed by atoms with Crippen molar-refractivity contribution in [1.82, 2.24) is 20.9 Å². The SMILES string of the molecule is CC(C)CC1NC(=O)C(C)C(O)C(Cc2c(F)c(F)c(F)c(F)c2F)NC(=O)C(NC(=O)c2ncccc2O)C(C)OC1=O. The van der Waals surface area contributed by atoms with E-state index in [2.05, 4.69) is 20.9 Å². The molecule has 0 spiro atoms. The highest BCUT2D eigenvalue weighted by atomic mass is 19.2. The van der Waals surface area contributed by atoms with E-state index in [-0.39, 0.29) is 12.3 Å². The van der Waals surface area contributed by atoms with Gasteiger partial charge in [-0.2, -0.15) is 0 Å². The van der Waals surface area contributed by atoms with Gasteiger partial charge in [0.25, 0.3) is 5.91 Å². The monoisotopic (exact) mass is 630 g/mol. The summed E-state index contributed by atoms with van der Waals surface area (Å²) in [5, 5.41) is 27.9. The number of aromatic nitrogens is 1. The third-order valence-electron chi connectivity index (χ3n) is 7.04. The molecule has 2 heterocycles. The van der Waals surface area contributed by atoms with E-state index in [1.54, 1.807) is 13.8 Å². The summed E-state index contributed by atoms with van der Waals surface area (Å²) in [5.74, 6) is -18.0. The number of nitrogens with one attached hydrogen (secondary N) is 3. The average molecular weight is 631 g/mol. The number of carbonyl (C=O) groups is 4. The molecule has 3 rings (SSSR count). The number of nitrogens with zero attached hydrogens (tertiary/aromatic N) is 1. The fraction of sp³-hybridized carbons (Fsp3) is 0.464. The van der Waals surface area contributed by atoms with E-state index in [0.29, 0.717) is 0 Å². The van der Waals surface area contributed by atoms with Crippen LogP contribution in [0.5, 0.6) is 5.75 Å². The summed E-state index contributed by atoms with van der Waals surface area (Å²) in [6.07, 6.45) is -3.51. The predicted octanol–water partition coefficient (Wildman–Crippen LogP) is 1.78. The maximum Gasteiger partial charge on any atom is 0.328 e. The molecular formula is C28H31F5N4O7. The van der Waals surface area contributed by atoms with Crippen molar-refractivity contribution in [2.24, 2.45) is 11.8 Å². The van der Waals surface area contributed by atoms with Gasteiger partial charge in [-0.3, -0.25) is 14.4 Å². The van der Waals surface area contributed by atoms with Crippen LogP contribution in [0.4, 0.5) is 22.0 Å². The Morgan fingerprint density at radius 2 is 1.59 bits per heavy atom. The number of pyridine rings is 1. The molecule has 44 heavy (non-hydrogen) atoms. The molecule has 0 radical (unpaired) electrons. The zero-order valence-electron chi connectivity index (χ0n) is 24.0. The largest absolute Gasteiger partial charge is 0.505 e. The van der Waals surface area contributed by atoms with Crippen molar-refractivity contribution in [3.8, 4) is 5.75 Å². The first-order chi connectivity index (χ1) is 20.5. The lowest BCUT2D eigenvalue weighted by molar-refractivity contribution is -0.156. The summed E-state index contributed by atoms with van der Waals surface area (Å²) in [7, 11) is 0. The van der Waals surface area contributed by atoms with Crippen molar-refractivity contribution < 1.29 is 56.1 Å². The van der Waals surface area contributed by atoms with Crippen molar-refractivity contribution in [3.05, 3.63) is 58.7 Å². The van der Waals surface area contributed by atoms with Crippen molar-refractivity contribution in [2.45, 2.75) is 70.9 Å². The number of halogens is 5. The number of esters is 1. The number of aliphatic hydroxyl groups excluding tert-OH is 1. The molecule has 0 bridgehead atoms. The van der Waals surface area contributed by atoms with Crippen LogP contribution in [0.25, 0.3) is 0 Å². The molecule has 1 aliphatic heterocycles. The Morgan fingerprint density at radius 3 is 2.16 bits per heavy atom. The maximum absolute atomic E-state index is 14.6. The van der Waals surface area contributed by atoms with E-state index in [9.17, 15) is 51.3 Å².